The second kappa shape index (κ2) is 14.5. The molecule has 251 valence electrons. The molecule has 1 N–H and O–H groups in total. The fourth-order valence-electron chi connectivity index (χ4n) is 7.68. The second-order valence-electron chi connectivity index (χ2n) is 14.4. The Balaban J connectivity index is 0.000000269. The molecule has 3 aromatic carbocycles. The molecule has 6 rings (SSSR count). The van der Waals surface area contributed by atoms with Gasteiger partial charge in [-0.15, -0.1) is 17.7 Å². The summed E-state index contributed by atoms with van der Waals surface area (Å²) in [5.41, 5.74) is 7.99. The van der Waals surface area contributed by atoms with Crippen molar-refractivity contribution in [3.8, 4) is 11.3 Å². The first kappa shape index (κ1) is 36.6. The van der Waals surface area contributed by atoms with Gasteiger partial charge in [-0.05, 0) is 82.7 Å². The number of furan rings is 1. The van der Waals surface area contributed by atoms with Crippen LogP contribution in [0.2, 0.25) is 0 Å². The van der Waals surface area contributed by atoms with Gasteiger partial charge in [0, 0.05) is 49.6 Å². The van der Waals surface area contributed by atoms with Crippen molar-refractivity contribution in [2.45, 2.75) is 105 Å². The average Bonchev–Trinajstić information content (AvgIpc) is 3.47. The van der Waals surface area contributed by atoms with Crippen molar-refractivity contribution in [3.05, 3.63) is 89.3 Å². The molecule has 1 aliphatic rings. The van der Waals surface area contributed by atoms with Crippen LogP contribution in [0.1, 0.15) is 104 Å². The summed E-state index contributed by atoms with van der Waals surface area (Å²) in [6, 6.07) is 20.9. The summed E-state index contributed by atoms with van der Waals surface area (Å²) in [4.78, 5) is 16.6. The van der Waals surface area contributed by atoms with Crippen molar-refractivity contribution >= 4 is 38.5 Å². The fraction of sp³-hybridized carbons (Fsp3) is 0.429. The molecule has 0 saturated carbocycles. The Morgan fingerprint density at radius 3 is 2.15 bits per heavy atom. The SMILES string of the molecule is CCC(CC)C(=O)/C=C(\O)C(CC)CC.Cc1[c-]c(-c2nccc3cc4c(cc23)C(C)(C)CC4(C)C)c2oc3ccccc3c2c1.[Ir]. The smallest absolute Gasteiger partial charge is 0.162 e. The van der Waals surface area contributed by atoms with Gasteiger partial charge in [-0.2, -0.15) is 0 Å². The number of ketones is 1. The average molecular weight is 809 g/mol. The van der Waals surface area contributed by atoms with Crippen LogP contribution in [-0.4, -0.2) is 15.9 Å². The van der Waals surface area contributed by atoms with Gasteiger partial charge in [0.25, 0.3) is 0 Å². The predicted octanol–water partition coefficient (Wildman–Crippen LogP) is 11.7. The molecule has 0 saturated heterocycles. The van der Waals surface area contributed by atoms with Gasteiger partial charge in [-0.3, -0.25) is 4.79 Å². The molecule has 0 fully saturated rings. The van der Waals surface area contributed by atoms with E-state index in [9.17, 15) is 9.90 Å². The fourth-order valence-corrected chi connectivity index (χ4v) is 7.68. The minimum atomic E-state index is 0. The summed E-state index contributed by atoms with van der Waals surface area (Å²) in [6.45, 7) is 19.6. The normalized spacial score (nSPS) is 15.2. The van der Waals surface area contributed by atoms with E-state index in [1.807, 2.05) is 46.0 Å². The Kier molecular flexibility index (Phi) is 11.3. The van der Waals surface area contributed by atoms with Crippen LogP contribution in [-0.2, 0) is 35.7 Å². The van der Waals surface area contributed by atoms with Gasteiger partial charge in [0.1, 0.15) is 5.58 Å². The zero-order chi connectivity index (χ0) is 33.4. The summed E-state index contributed by atoms with van der Waals surface area (Å²) >= 11 is 0. The first-order valence-electron chi connectivity index (χ1n) is 17.1. The molecule has 0 spiro atoms. The molecule has 5 heteroatoms. The summed E-state index contributed by atoms with van der Waals surface area (Å²) in [5, 5.41) is 14.4. The number of allylic oxidation sites excluding steroid dienone is 2. The number of nitrogens with zero attached hydrogens (tertiary/aromatic N) is 1. The predicted molar refractivity (Wildman–Crippen MR) is 193 cm³/mol. The van der Waals surface area contributed by atoms with Crippen LogP contribution in [0, 0.1) is 24.8 Å². The van der Waals surface area contributed by atoms with E-state index in [1.54, 1.807) is 0 Å². The first-order chi connectivity index (χ1) is 21.8. The van der Waals surface area contributed by atoms with Crippen LogP contribution in [0.15, 0.2) is 71.0 Å². The van der Waals surface area contributed by atoms with Crippen molar-refractivity contribution in [2.24, 2.45) is 11.8 Å². The number of para-hydroxylation sites is 1. The molecule has 5 aromatic rings. The molecular weight excluding hydrogens is 759 g/mol. The topological polar surface area (TPSA) is 63.3 Å². The van der Waals surface area contributed by atoms with Crippen molar-refractivity contribution in [3.63, 3.8) is 0 Å². The number of carbonyl (C=O) groups excluding carboxylic acids is 1. The third kappa shape index (κ3) is 7.13. The van der Waals surface area contributed by atoms with Crippen molar-refractivity contribution in [1.82, 2.24) is 4.98 Å². The largest absolute Gasteiger partial charge is 0.512 e. The van der Waals surface area contributed by atoms with E-state index in [2.05, 4.69) is 77.1 Å². The minimum absolute atomic E-state index is 0. The van der Waals surface area contributed by atoms with Gasteiger partial charge in [0.2, 0.25) is 0 Å². The van der Waals surface area contributed by atoms with E-state index in [0.717, 1.165) is 70.9 Å². The van der Waals surface area contributed by atoms with Gasteiger partial charge in [-0.1, -0.05) is 104 Å². The van der Waals surface area contributed by atoms with Crippen LogP contribution in [0.5, 0.6) is 0 Å². The molecule has 0 aliphatic heterocycles. The minimum Gasteiger partial charge on any atom is -0.512 e. The number of aryl methyl sites for hydroxylation is 1. The molecule has 0 atom stereocenters. The number of benzene rings is 3. The molecule has 1 radical (unpaired) electrons. The Hall–Kier alpha value is -3.27. The summed E-state index contributed by atoms with van der Waals surface area (Å²) in [6.07, 6.45) is 7.98. The van der Waals surface area contributed by atoms with Gasteiger partial charge in [0.05, 0.1) is 11.3 Å². The number of hydrogen-bond acceptors (Lipinski definition) is 4. The number of fused-ring (bicyclic) bond motifs is 5. The van der Waals surface area contributed by atoms with Crippen LogP contribution in [0.3, 0.4) is 0 Å². The van der Waals surface area contributed by atoms with Crippen molar-refractivity contribution in [1.29, 1.82) is 0 Å². The third-order valence-corrected chi connectivity index (χ3v) is 10.1. The molecule has 2 aromatic heterocycles. The molecule has 0 amide bonds. The maximum absolute atomic E-state index is 11.7. The molecule has 4 nitrogen and oxygen atoms in total. The van der Waals surface area contributed by atoms with E-state index >= 15 is 0 Å². The molecule has 1 aliphatic carbocycles. The van der Waals surface area contributed by atoms with Crippen molar-refractivity contribution < 1.29 is 34.4 Å². The van der Waals surface area contributed by atoms with Crippen LogP contribution in [0.4, 0.5) is 0 Å². The monoisotopic (exact) mass is 809 g/mol. The zero-order valence-corrected chi connectivity index (χ0v) is 31.9. The van der Waals surface area contributed by atoms with E-state index in [-0.39, 0.29) is 54.3 Å². The van der Waals surface area contributed by atoms with E-state index in [0.29, 0.717) is 0 Å². The van der Waals surface area contributed by atoms with Gasteiger partial charge in [-0.25, -0.2) is 0 Å². The Bertz CT molecular complexity index is 1920. The van der Waals surface area contributed by atoms with Gasteiger partial charge in [0.15, 0.2) is 5.78 Å². The Morgan fingerprint density at radius 1 is 0.894 bits per heavy atom. The quantitative estimate of drug-likeness (QED) is 0.0963. The summed E-state index contributed by atoms with van der Waals surface area (Å²) in [5.74, 6) is 0.547. The standard InChI is InChI=1S/C29H26NO.C13H24O2.Ir/c1-17-12-21-19-8-6-7-9-25(19)31-27(21)22(13-17)26-20-15-24-23(14-18(20)10-11-30-26)28(2,3)16-29(24,4)5;1-5-10(6-2)12(14)9-13(15)11(7-3)8-4;/h6-12,14-15H,16H2,1-5H3;9-11,14H,5-8H2,1-4H3;/q-1;;/b;12-9-;. The number of aliphatic hydroxyl groups is 1. The van der Waals surface area contributed by atoms with Crippen LogP contribution >= 0.6 is 0 Å². The van der Waals surface area contributed by atoms with E-state index < -0.39 is 0 Å². The molecular formula is C42H50IrNO3-. The number of hydrogen-bond donors (Lipinski definition) is 1. The maximum atomic E-state index is 11.7. The van der Waals surface area contributed by atoms with Gasteiger partial charge < -0.3 is 14.5 Å². The maximum Gasteiger partial charge on any atom is 0.162 e. The third-order valence-electron chi connectivity index (χ3n) is 10.1. The number of rotatable bonds is 8. The second-order valence-corrected chi connectivity index (χ2v) is 14.4. The van der Waals surface area contributed by atoms with Crippen molar-refractivity contribution in [2.75, 3.05) is 0 Å². The molecule has 0 bridgehead atoms. The number of aliphatic hydroxyl groups excluding tert-OH is 1. The zero-order valence-electron chi connectivity index (χ0n) is 29.5. The summed E-state index contributed by atoms with van der Waals surface area (Å²) < 4.78 is 6.34. The molecule has 0 unspecified atom stereocenters. The number of aromatic nitrogens is 1. The van der Waals surface area contributed by atoms with Crippen LogP contribution in [0.25, 0.3) is 44.0 Å². The van der Waals surface area contributed by atoms with Crippen LogP contribution < -0.4 is 0 Å². The molecule has 47 heavy (non-hydrogen) atoms. The first-order valence-corrected chi connectivity index (χ1v) is 17.1. The Morgan fingerprint density at radius 2 is 1.51 bits per heavy atom. The van der Waals surface area contributed by atoms with E-state index in [4.69, 9.17) is 9.40 Å². The summed E-state index contributed by atoms with van der Waals surface area (Å²) in [7, 11) is 0. The Labute approximate surface area is 294 Å². The number of carbonyl (C=O) groups is 1. The van der Waals surface area contributed by atoms with E-state index in [1.165, 1.54) is 28.0 Å². The van der Waals surface area contributed by atoms with Gasteiger partial charge >= 0.3 is 0 Å². The number of pyridine rings is 1. The molecule has 2 heterocycles.